The fraction of sp³-hybridized carbons (Fsp3) is 0.267. The normalized spacial score (nSPS) is 14.6. The lowest BCUT2D eigenvalue weighted by atomic mass is 10.1. The van der Waals surface area contributed by atoms with Crippen LogP contribution in [0.3, 0.4) is 0 Å². The summed E-state index contributed by atoms with van der Waals surface area (Å²) in [5.41, 5.74) is 3.88. The van der Waals surface area contributed by atoms with E-state index in [-0.39, 0.29) is 0 Å². The Labute approximate surface area is 102 Å². The third kappa shape index (κ3) is 2.64. The molecule has 3 rings (SSSR count). The van der Waals surface area contributed by atoms with Crippen LogP contribution in [0.5, 0.6) is 0 Å². The van der Waals surface area contributed by atoms with Crippen LogP contribution in [-0.4, -0.2) is 4.98 Å². The van der Waals surface area contributed by atoms with E-state index in [9.17, 15) is 0 Å². The van der Waals surface area contributed by atoms with E-state index in [0.29, 0.717) is 0 Å². The van der Waals surface area contributed by atoms with Gasteiger partial charge in [-0.1, -0.05) is 24.3 Å². The Hall–Kier alpha value is -1.83. The van der Waals surface area contributed by atoms with Gasteiger partial charge in [0.2, 0.25) is 0 Å². The molecule has 1 N–H and O–H groups in total. The molecule has 1 aliphatic rings. The highest BCUT2D eigenvalue weighted by molar-refractivity contribution is 5.41. The largest absolute Gasteiger partial charge is 0.380 e. The number of aromatic nitrogens is 1. The topological polar surface area (TPSA) is 24.9 Å². The zero-order chi connectivity index (χ0) is 11.5. The maximum atomic E-state index is 4.08. The van der Waals surface area contributed by atoms with Gasteiger partial charge in [0.25, 0.3) is 0 Å². The van der Waals surface area contributed by atoms with Crippen molar-refractivity contribution in [1.82, 2.24) is 4.98 Å². The Morgan fingerprint density at radius 1 is 1.12 bits per heavy atom. The van der Waals surface area contributed by atoms with Crippen molar-refractivity contribution in [2.24, 2.45) is 0 Å². The quantitative estimate of drug-likeness (QED) is 0.858. The molecule has 0 bridgehead atoms. The first-order valence-electron chi connectivity index (χ1n) is 6.14. The number of nitrogens with zero attached hydrogens (tertiary/aromatic N) is 1. The highest BCUT2D eigenvalue weighted by atomic mass is 14.9. The van der Waals surface area contributed by atoms with Crippen molar-refractivity contribution in [2.75, 3.05) is 5.32 Å². The summed E-state index contributed by atoms with van der Waals surface area (Å²) < 4.78 is 0. The van der Waals surface area contributed by atoms with Gasteiger partial charge in [-0.15, -0.1) is 0 Å². The van der Waals surface area contributed by atoms with E-state index in [4.69, 9.17) is 0 Å². The molecule has 1 aromatic carbocycles. The van der Waals surface area contributed by atoms with Crippen LogP contribution in [0, 0.1) is 0 Å². The molecule has 1 aromatic heterocycles. The van der Waals surface area contributed by atoms with Crippen LogP contribution < -0.4 is 5.32 Å². The van der Waals surface area contributed by atoms with Crippen LogP contribution in [0.4, 0.5) is 5.69 Å². The van der Waals surface area contributed by atoms with Crippen LogP contribution in [-0.2, 0) is 6.54 Å². The van der Waals surface area contributed by atoms with Crippen LogP contribution in [0.2, 0.25) is 0 Å². The first kappa shape index (κ1) is 10.3. The molecule has 1 saturated carbocycles. The molecule has 0 atom stereocenters. The summed E-state index contributed by atoms with van der Waals surface area (Å²) in [6.45, 7) is 0.858. The van der Waals surface area contributed by atoms with Gasteiger partial charge >= 0.3 is 0 Å². The van der Waals surface area contributed by atoms with Crippen molar-refractivity contribution in [3.63, 3.8) is 0 Å². The van der Waals surface area contributed by atoms with E-state index < -0.39 is 0 Å². The number of hydrogen-bond donors (Lipinski definition) is 1. The fourth-order valence-electron chi connectivity index (χ4n) is 2.00. The van der Waals surface area contributed by atoms with E-state index >= 15 is 0 Å². The average Bonchev–Trinajstić information content (AvgIpc) is 3.23. The first-order valence-corrected chi connectivity index (χ1v) is 6.14. The zero-order valence-electron chi connectivity index (χ0n) is 9.76. The van der Waals surface area contributed by atoms with Crippen molar-refractivity contribution in [3.8, 4) is 0 Å². The van der Waals surface area contributed by atoms with E-state index in [1.54, 1.807) is 6.20 Å². The minimum absolute atomic E-state index is 0.843. The number of anilines is 1. The smallest absolute Gasteiger partial charge is 0.0529 e. The molecule has 0 amide bonds. The van der Waals surface area contributed by atoms with Crippen LogP contribution in [0.1, 0.15) is 29.9 Å². The number of rotatable bonds is 4. The summed E-state index contributed by atoms with van der Waals surface area (Å²) in [5, 5.41) is 3.36. The standard InChI is InChI=1S/C15H16N2/c1-2-15(11-16-9-1)17-10-12-3-5-13(6-4-12)14-7-8-14/h1-6,9,11,14,17H,7-8,10H2. The van der Waals surface area contributed by atoms with Gasteiger partial charge in [-0.25, -0.2) is 0 Å². The highest BCUT2D eigenvalue weighted by Crippen LogP contribution is 2.39. The molecule has 0 radical (unpaired) electrons. The summed E-state index contributed by atoms with van der Waals surface area (Å²) in [5.74, 6) is 0.843. The van der Waals surface area contributed by atoms with Crippen LogP contribution >= 0.6 is 0 Å². The maximum Gasteiger partial charge on any atom is 0.0529 e. The molecule has 0 spiro atoms. The molecule has 86 valence electrons. The van der Waals surface area contributed by atoms with Crippen LogP contribution in [0.25, 0.3) is 0 Å². The lowest BCUT2D eigenvalue weighted by Gasteiger charge is -2.06. The van der Waals surface area contributed by atoms with Crippen molar-refractivity contribution in [2.45, 2.75) is 25.3 Å². The van der Waals surface area contributed by atoms with E-state index in [2.05, 4.69) is 34.6 Å². The minimum atomic E-state index is 0.843. The van der Waals surface area contributed by atoms with E-state index in [1.165, 1.54) is 24.0 Å². The zero-order valence-corrected chi connectivity index (χ0v) is 9.76. The molecular weight excluding hydrogens is 208 g/mol. The van der Waals surface area contributed by atoms with Gasteiger partial charge in [0.05, 0.1) is 5.69 Å². The van der Waals surface area contributed by atoms with Crippen molar-refractivity contribution < 1.29 is 0 Å². The Kier molecular flexibility index (Phi) is 2.78. The molecule has 1 fully saturated rings. The third-order valence-electron chi connectivity index (χ3n) is 3.19. The van der Waals surface area contributed by atoms with Gasteiger partial charge in [-0.3, -0.25) is 4.98 Å². The minimum Gasteiger partial charge on any atom is -0.380 e. The second-order valence-corrected chi connectivity index (χ2v) is 4.61. The molecule has 0 aliphatic heterocycles. The van der Waals surface area contributed by atoms with Crippen LogP contribution in [0.15, 0.2) is 48.8 Å². The lowest BCUT2D eigenvalue weighted by molar-refractivity contribution is 1.10. The molecule has 0 unspecified atom stereocenters. The van der Waals surface area contributed by atoms with Gasteiger partial charge < -0.3 is 5.32 Å². The Bertz CT molecular complexity index is 472. The predicted octanol–water partition coefficient (Wildman–Crippen LogP) is 3.57. The Morgan fingerprint density at radius 2 is 1.94 bits per heavy atom. The average molecular weight is 224 g/mol. The van der Waals surface area contributed by atoms with E-state index in [1.807, 2.05) is 18.3 Å². The lowest BCUT2D eigenvalue weighted by Crippen LogP contribution is -1.99. The van der Waals surface area contributed by atoms with Gasteiger partial charge in [0.15, 0.2) is 0 Å². The van der Waals surface area contributed by atoms with Gasteiger partial charge in [0, 0.05) is 18.9 Å². The monoisotopic (exact) mass is 224 g/mol. The molecule has 2 heteroatoms. The van der Waals surface area contributed by atoms with Crippen molar-refractivity contribution >= 4 is 5.69 Å². The molecule has 1 aliphatic carbocycles. The molecule has 0 saturated heterocycles. The number of hydrogen-bond acceptors (Lipinski definition) is 2. The van der Waals surface area contributed by atoms with Crippen molar-refractivity contribution in [3.05, 3.63) is 59.9 Å². The SMILES string of the molecule is c1cncc(NCc2ccc(C3CC3)cc2)c1. The number of benzene rings is 1. The number of pyridine rings is 1. The van der Waals surface area contributed by atoms with E-state index in [0.717, 1.165) is 18.2 Å². The Balaban J connectivity index is 1.61. The second kappa shape index (κ2) is 4.58. The predicted molar refractivity (Wildman–Crippen MR) is 70.0 cm³/mol. The summed E-state index contributed by atoms with van der Waals surface area (Å²) >= 11 is 0. The molecule has 1 heterocycles. The third-order valence-corrected chi connectivity index (χ3v) is 3.19. The molecule has 17 heavy (non-hydrogen) atoms. The number of nitrogens with one attached hydrogen (secondary N) is 1. The highest BCUT2D eigenvalue weighted by Gasteiger charge is 2.22. The van der Waals surface area contributed by atoms with Gasteiger partial charge in [0.1, 0.15) is 0 Å². The van der Waals surface area contributed by atoms with Gasteiger partial charge in [-0.2, -0.15) is 0 Å². The Morgan fingerprint density at radius 3 is 2.59 bits per heavy atom. The van der Waals surface area contributed by atoms with Gasteiger partial charge in [-0.05, 0) is 42.0 Å². The fourth-order valence-corrected chi connectivity index (χ4v) is 2.00. The summed E-state index contributed by atoms with van der Waals surface area (Å²) in [6.07, 6.45) is 6.37. The summed E-state index contributed by atoms with van der Waals surface area (Å²) in [6, 6.07) is 12.9. The van der Waals surface area contributed by atoms with Crippen molar-refractivity contribution in [1.29, 1.82) is 0 Å². The molecule has 2 nitrogen and oxygen atoms in total. The summed E-state index contributed by atoms with van der Waals surface area (Å²) in [4.78, 5) is 4.08. The molecular formula is C15H16N2. The second-order valence-electron chi connectivity index (χ2n) is 4.61. The maximum absolute atomic E-state index is 4.08. The molecule has 2 aromatic rings. The summed E-state index contributed by atoms with van der Waals surface area (Å²) in [7, 11) is 0. The first-order chi connectivity index (χ1) is 8.42.